The Morgan fingerprint density at radius 1 is 1.33 bits per heavy atom. The van der Waals surface area contributed by atoms with Gasteiger partial charge in [-0.3, -0.25) is 14.9 Å². The molecule has 0 spiro atoms. The van der Waals surface area contributed by atoms with Gasteiger partial charge in [0.2, 0.25) is 11.8 Å². The zero-order chi connectivity index (χ0) is 15.0. The van der Waals surface area contributed by atoms with Crippen molar-refractivity contribution in [1.82, 2.24) is 14.9 Å². The number of carbonyl (C=O) groups excluding carboxylic acids is 2. The predicted molar refractivity (Wildman–Crippen MR) is 79.1 cm³/mol. The third kappa shape index (κ3) is 2.49. The summed E-state index contributed by atoms with van der Waals surface area (Å²) in [5, 5.41) is 9.86. The van der Waals surface area contributed by atoms with Crippen LogP contribution < -0.4 is 10.6 Å². The molecule has 21 heavy (non-hydrogen) atoms. The third-order valence-corrected chi connectivity index (χ3v) is 3.77. The summed E-state index contributed by atoms with van der Waals surface area (Å²) in [6, 6.07) is 5.54. The SMILES string of the molecule is CC(C)c1ccc(NC2CCC(=O)NC2=O)n2nccc12. The molecule has 110 valence electrons. The molecule has 1 unspecified atom stereocenters. The summed E-state index contributed by atoms with van der Waals surface area (Å²) in [6.45, 7) is 4.27. The van der Waals surface area contributed by atoms with E-state index in [2.05, 4.69) is 35.6 Å². The Labute approximate surface area is 122 Å². The minimum absolute atomic E-state index is 0.211. The molecule has 1 fully saturated rings. The molecule has 2 aromatic heterocycles. The average molecular weight is 286 g/mol. The smallest absolute Gasteiger partial charge is 0.249 e. The lowest BCUT2D eigenvalue weighted by molar-refractivity contribution is -0.133. The van der Waals surface area contributed by atoms with Gasteiger partial charge < -0.3 is 5.32 Å². The van der Waals surface area contributed by atoms with Crippen LogP contribution in [0.5, 0.6) is 0 Å². The van der Waals surface area contributed by atoms with Crippen LogP contribution in [0.3, 0.4) is 0 Å². The minimum atomic E-state index is -0.403. The molecule has 6 nitrogen and oxygen atoms in total. The summed E-state index contributed by atoms with van der Waals surface area (Å²) in [7, 11) is 0. The maximum absolute atomic E-state index is 11.8. The first-order valence-corrected chi connectivity index (χ1v) is 7.13. The van der Waals surface area contributed by atoms with Crippen LogP contribution in [0.25, 0.3) is 5.52 Å². The number of pyridine rings is 1. The highest BCUT2D eigenvalue weighted by Gasteiger charge is 2.27. The van der Waals surface area contributed by atoms with Gasteiger partial charge in [0, 0.05) is 6.42 Å². The first-order chi connectivity index (χ1) is 10.1. The molecule has 1 aliphatic heterocycles. The van der Waals surface area contributed by atoms with Crippen LogP contribution in [-0.2, 0) is 9.59 Å². The Balaban J connectivity index is 1.91. The summed E-state index contributed by atoms with van der Waals surface area (Å²) in [6.07, 6.45) is 2.60. The van der Waals surface area contributed by atoms with Gasteiger partial charge in [-0.2, -0.15) is 5.10 Å². The van der Waals surface area contributed by atoms with Gasteiger partial charge in [0.05, 0.1) is 11.7 Å². The Hall–Kier alpha value is -2.37. The van der Waals surface area contributed by atoms with Crippen LogP contribution in [-0.4, -0.2) is 27.5 Å². The van der Waals surface area contributed by atoms with Crippen molar-refractivity contribution in [2.75, 3.05) is 5.32 Å². The van der Waals surface area contributed by atoms with E-state index >= 15 is 0 Å². The molecular weight excluding hydrogens is 268 g/mol. The summed E-state index contributed by atoms with van der Waals surface area (Å²) in [5.74, 6) is 0.666. The molecule has 2 aromatic rings. The highest BCUT2D eigenvalue weighted by Crippen LogP contribution is 2.24. The topological polar surface area (TPSA) is 75.5 Å². The fourth-order valence-electron chi connectivity index (χ4n) is 2.65. The van der Waals surface area contributed by atoms with E-state index < -0.39 is 6.04 Å². The van der Waals surface area contributed by atoms with E-state index in [9.17, 15) is 9.59 Å². The van der Waals surface area contributed by atoms with Crippen LogP contribution >= 0.6 is 0 Å². The zero-order valence-electron chi connectivity index (χ0n) is 12.1. The van der Waals surface area contributed by atoms with Crippen molar-refractivity contribution in [2.45, 2.75) is 38.6 Å². The summed E-state index contributed by atoms with van der Waals surface area (Å²) < 4.78 is 1.80. The molecule has 0 bridgehead atoms. The van der Waals surface area contributed by atoms with E-state index in [0.717, 1.165) is 11.3 Å². The molecular formula is C15H18N4O2. The van der Waals surface area contributed by atoms with Crippen molar-refractivity contribution in [3.05, 3.63) is 30.0 Å². The summed E-state index contributed by atoms with van der Waals surface area (Å²) >= 11 is 0. The van der Waals surface area contributed by atoms with E-state index in [1.165, 1.54) is 5.56 Å². The maximum Gasteiger partial charge on any atom is 0.249 e. The number of hydrogen-bond donors (Lipinski definition) is 2. The molecule has 6 heteroatoms. The fourth-order valence-corrected chi connectivity index (χ4v) is 2.65. The number of aromatic nitrogens is 2. The number of hydrogen-bond acceptors (Lipinski definition) is 4. The normalized spacial score (nSPS) is 19.1. The zero-order valence-corrected chi connectivity index (χ0v) is 12.1. The van der Waals surface area contributed by atoms with Gasteiger partial charge in [-0.1, -0.05) is 19.9 Å². The Morgan fingerprint density at radius 3 is 2.86 bits per heavy atom. The van der Waals surface area contributed by atoms with Crippen LogP contribution in [0.15, 0.2) is 24.4 Å². The lowest BCUT2D eigenvalue weighted by Crippen LogP contribution is -2.47. The van der Waals surface area contributed by atoms with Gasteiger partial charge in [-0.15, -0.1) is 0 Å². The molecule has 0 radical (unpaired) electrons. The Bertz CT molecular complexity index is 705. The second kappa shape index (κ2) is 5.20. The largest absolute Gasteiger partial charge is 0.358 e. The summed E-state index contributed by atoms with van der Waals surface area (Å²) in [4.78, 5) is 23.0. The van der Waals surface area contributed by atoms with Crippen molar-refractivity contribution < 1.29 is 9.59 Å². The predicted octanol–water partition coefficient (Wildman–Crippen LogP) is 1.67. The van der Waals surface area contributed by atoms with Crippen LogP contribution in [0.1, 0.15) is 38.2 Å². The number of rotatable bonds is 3. The maximum atomic E-state index is 11.8. The van der Waals surface area contributed by atoms with E-state index in [1.54, 1.807) is 10.7 Å². The van der Waals surface area contributed by atoms with Gasteiger partial charge in [0.1, 0.15) is 11.9 Å². The van der Waals surface area contributed by atoms with Gasteiger partial charge in [0.25, 0.3) is 0 Å². The van der Waals surface area contributed by atoms with Crippen molar-refractivity contribution in [3.8, 4) is 0 Å². The Morgan fingerprint density at radius 2 is 2.14 bits per heavy atom. The highest BCUT2D eigenvalue weighted by atomic mass is 16.2. The van der Waals surface area contributed by atoms with E-state index in [4.69, 9.17) is 0 Å². The molecule has 1 atom stereocenters. The average Bonchev–Trinajstić information content (AvgIpc) is 2.91. The molecule has 0 aromatic carbocycles. The van der Waals surface area contributed by atoms with Crippen molar-refractivity contribution in [2.24, 2.45) is 0 Å². The number of imide groups is 1. The second-order valence-corrected chi connectivity index (χ2v) is 5.60. The molecule has 0 aliphatic carbocycles. The van der Waals surface area contributed by atoms with Crippen LogP contribution in [0.4, 0.5) is 5.82 Å². The van der Waals surface area contributed by atoms with Crippen molar-refractivity contribution in [1.29, 1.82) is 0 Å². The molecule has 2 amide bonds. The van der Waals surface area contributed by atoms with Gasteiger partial charge in [0.15, 0.2) is 0 Å². The standard InChI is InChI=1S/C15H18N4O2/c1-9(2)10-3-5-13(19-12(10)7-8-16-19)17-11-4-6-14(20)18-15(11)21/h3,5,7-9,11,17H,4,6H2,1-2H3,(H,18,20,21). The van der Waals surface area contributed by atoms with Crippen LogP contribution in [0, 0.1) is 0 Å². The Kier molecular flexibility index (Phi) is 3.37. The molecule has 3 heterocycles. The lowest BCUT2D eigenvalue weighted by atomic mass is 10.0. The lowest BCUT2D eigenvalue weighted by Gasteiger charge is -2.23. The fraction of sp³-hybridized carbons (Fsp3) is 0.400. The minimum Gasteiger partial charge on any atom is -0.358 e. The number of nitrogens with zero attached hydrogens (tertiary/aromatic N) is 2. The number of piperidine rings is 1. The first-order valence-electron chi connectivity index (χ1n) is 7.13. The quantitative estimate of drug-likeness (QED) is 0.842. The number of nitrogens with one attached hydrogen (secondary N) is 2. The highest BCUT2D eigenvalue weighted by molar-refractivity contribution is 6.01. The van der Waals surface area contributed by atoms with Gasteiger partial charge >= 0.3 is 0 Å². The van der Waals surface area contributed by atoms with Gasteiger partial charge in [-0.05, 0) is 30.0 Å². The van der Waals surface area contributed by atoms with E-state index in [-0.39, 0.29) is 11.8 Å². The molecule has 2 N–H and O–H groups in total. The summed E-state index contributed by atoms with van der Waals surface area (Å²) in [5.41, 5.74) is 2.24. The molecule has 1 saturated heterocycles. The van der Waals surface area contributed by atoms with Crippen molar-refractivity contribution in [3.63, 3.8) is 0 Å². The second-order valence-electron chi connectivity index (χ2n) is 5.60. The number of fused-ring (bicyclic) bond motifs is 1. The monoisotopic (exact) mass is 286 g/mol. The molecule has 1 aliphatic rings. The van der Waals surface area contributed by atoms with Gasteiger partial charge in [-0.25, -0.2) is 4.52 Å². The van der Waals surface area contributed by atoms with E-state index in [0.29, 0.717) is 18.8 Å². The number of amides is 2. The number of anilines is 1. The number of carbonyl (C=O) groups is 2. The molecule has 3 rings (SSSR count). The third-order valence-electron chi connectivity index (χ3n) is 3.77. The first kappa shape index (κ1) is 13.6. The van der Waals surface area contributed by atoms with E-state index in [1.807, 2.05) is 12.1 Å². The van der Waals surface area contributed by atoms with Crippen LogP contribution in [0.2, 0.25) is 0 Å². The molecule has 0 saturated carbocycles. The van der Waals surface area contributed by atoms with Crippen molar-refractivity contribution >= 4 is 23.1 Å².